The van der Waals surface area contributed by atoms with E-state index in [2.05, 4.69) is 21.2 Å². The molecular weight excluding hydrogens is 332 g/mol. The van der Waals surface area contributed by atoms with Gasteiger partial charge in [0.15, 0.2) is 0 Å². The number of rotatable bonds is 3. The number of nitriles is 1. The molecule has 0 unspecified atom stereocenters. The van der Waals surface area contributed by atoms with Crippen LogP contribution in [0.4, 0.5) is 5.69 Å². The van der Waals surface area contributed by atoms with Gasteiger partial charge in [-0.2, -0.15) is 5.26 Å². The molecule has 2 aromatic rings. The second-order valence-electron chi connectivity index (χ2n) is 4.23. The van der Waals surface area contributed by atoms with Gasteiger partial charge in [-0.3, -0.25) is 4.79 Å². The first-order valence-corrected chi connectivity index (χ1v) is 6.85. The Bertz CT molecular complexity index is 731. The van der Waals surface area contributed by atoms with Crippen LogP contribution in [0.3, 0.4) is 0 Å². The maximum absolute atomic E-state index is 12.1. The van der Waals surface area contributed by atoms with Gasteiger partial charge < -0.3 is 10.4 Å². The van der Waals surface area contributed by atoms with E-state index in [1.165, 1.54) is 18.2 Å². The van der Waals surface area contributed by atoms with Crippen molar-refractivity contribution in [1.29, 1.82) is 5.26 Å². The van der Waals surface area contributed by atoms with Crippen molar-refractivity contribution in [1.82, 2.24) is 0 Å². The lowest BCUT2D eigenvalue weighted by atomic mass is 10.1. The average molecular weight is 343 g/mol. The first kappa shape index (κ1) is 14.8. The van der Waals surface area contributed by atoms with Crippen LogP contribution >= 0.6 is 15.9 Å². The number of anilines is 1. The highest BCUT2D eigenvalue weighted by molar-refractivity contribution is 9.10. The first-order chi connectivity index (χ1) is 10.1. The van der Waals surface area contributed by atoms with Gasteiger partial charge in [-0.25, -0.2) is 0 Å². The number of carbonyl (C=O) groups excluding carboxylic acids is 1. The fraction of sp³-hybridized carbons (Fsp3) is 0. The molecule has 0 bridgehead atoms. The summed E-state index contributed by atoms with van der Waals surface area (Å²) in [5, 5.41) is 21.0. The van der Waals surface area contributed by atoms with Crippen LogP contribution in [-0.4, -0.2) is 11.0 Å². The Morgan fingerprint density at radius 2 is 1.95 bits per heavy atom. The molecule has 2 aromatic carbocycles. The molecule has 0 atom stereocenters. The highest BCUT2D eigenvalue weighted by atomic mass is 79.9. The molecule has 2 rings (SSSR count). The Kier molecular flexibility index (Phi) is 4.75. The minimum absolute atomic E-state index is 0.0133. The fourth-order valence-corrected chi connectivity index (χ4v) is 2.05. The lowest BCUT2D eigenvalue weighted by Gasteiger charge is -2.04. The minimum Gasteiger partial charge on any atom is -0.508 e. The third kappa shape index (κ3) is 4.20. The Balaban J connectivity index is 2.19. The first-order valence-electron chi connectivity index (χ1n) is 6.06. The van der Waals surface area contributed by atoms with E-state index in [-0.39, 0.29) is 11.3 Å². The van der Waals surface area contributed by atoms with E-state index < -0.39 is 5.91 Å². The summed E-state index contributed by atoms with van der Waals surface area (Å²) in [4.78, 5) is 12.1. The molecule has 4 nitrogen and oxygen atoms in total. The second-order valence-corrected chi connectivity index (χ2v) is 5.14. The molecule has 0 aliphatic rings. The number of benzene rings is 2. The molecule has 1 amide bonds. The van der Waals surface area contributed by atoms with Crippen LogP contribution in [0.1, 0.15) is 5.56 Å². The van der Waals surface area contributed by atoms with E-state index in [1.54, 1.807) is 30.3 Å². The van der Waals surface area contributed by atoms with Crippen molar-refractivity contribution in [3.8, 4) is 11.8 Å². The van der Waals surface area contributed by atoms with Crippen LogP contribution < -0.4 is 5.32 Å². The summed E-state index contributed by atoms with van der Waals surface area (Å²) in [6, 6.07) is 15.2. The number of halogens is 1. The summed E-state index contributed by atoms with van der Waals surface area (Å²) in [6.45, 7) is 0. The molecule has 0 saturated carbocycles. The smallest absolute Gasteiger partial charge is 0.266 e. The molecule has 0 heterocycles. The maximum atomic E-state index is 12.1. The average Bonchev–Trinajstić information content (AvgIpc) is 2.46. The monoisotopic (exact) mass is 342 g/mol. The Morgan fingerprint density at radius 3 is 2.57 bits per heavy atom. The van der Waals surface area contributed by atoms with Gasteiger partial charge in [0, 0.05) is 10.2 Å². The molecular formula is C16H11BrN2O2. The molecule has 5 heteroatoms. The fourth-order valence-electron chi connectivity index (χ4n) is 1.65. The largest absolute Gasteiger partial charge is 0.508 e. The maximum Gasteiger partial charge on any atom is 0.266 e. The summed E-state index contributed by atoms with van der Waals surface area (Å²) in [5.74, 6) is -0.354. The van der Waals surface area contributed by atoms with Crippen molar-refractivity contribution in [2.45, 2.75) is 0 Å². The molecule has 0 aliphatic heterocycles. The molecule has 21 heavy (non-hydrogen) atoms. The number of carbonyl (C=O) groups is 1. The number of amides is 1. The highest BCUT2D eigenvalue weighted by Gasteiger charge is 2.09. The molecule has 104 valence electrons. The lowest BCUT2D eigenvalue weighted by Crippen LogP contribution is -2.13. The molecule has 0 aromatic heterocycles. The van der Waals surface area contributed by atoms with Crippen LogP contribution in [0, 0.1) is 11.3 Å². The molecule has 2 N–H and O–H groups in total. The Labute approximate surface area is 130 Å². The van der Waals surface area contributed by atoms with Crippen molar-refractivity contribution in [3.63, 3.8) is 0 Å². The number of aromatic hydroxyl groups is 1. The highest BCUT2D eigenvalue weighted by Crippen LogP contribution is 2.17. The molecule has 0 fully saturated rings. The zero-order valence-corrected chi connectivity index (χ0v) is 12.5. The van der Waals surface area contributed by atoms with Crippen molar-refractivity contribution < 1.29 is 9.90 Å². The van der Waals surface area contributed by atoms with Gasteiger partial charge >= 0.3 is 0 Å². The van der Waals surface area contributed by atoms with Crippen LogP contribution in [0.5, 0.6) is 5.75 Å². The van der Waals surface area contributed by atoms with Gasteiger partial charge in [0.05, 0.1) is 0 Å². The third-order valence-corrected chi connectivity index (χ3v) is 3.14. The van der Waals surface area contributed by atoms with E-state index in [0.29, 0.717) is 11.3 Å². The number of phenols is 1. The van der Waals surface area contributed by atoms with Gasteiger partial charge in [0.2, 0.25) is 0 Å². The Hall–Kier alpha value is -2.58. The van der Waals surface area contributed by atoms with E-state index in [9.17, 15) is 9.90 Å². The summed E-state index contributed by atoms with van der Waals surface area (Å²) in [6.07, 6.45) is 1.47. The number of hydrogen-bond donors (Lipinski definition) is 2. The quantitative estimate of drug-likeness (QED) is 0.659. The standard InChI is InChI=1S/C16H11BrN2O2/c17-13-2-1-3-14(9-13)19-16(21)12(10-18)8-11-4-6-15(20)7-5-11/h1-9,20H,(H,19,21)/b12-8-. The molecule has 0 aliphatic carbocycles. The van der Waals surface area contributed by atoms with Gasteiger partial charge in [-0.1, -0.05) is 34.1 Å². The predicted octanol–water partition coefficient (Wildman–Crippen LogP) is 3.70. The van der Waals surface area contributed by atoms with Crippen molar-refractivity contribution in [2.75, 3.05) is 5.32 Å². The van der Waals surface area contributed by atoms with Gasteiger partial charge in [0.1, 0.15) is 17.4 Å². The molecule has 0 radical (unpaired) electrons. The predicted molar refractivity (Wildman–Crippen MR) is 84.5 cm³/mol. The van der Waals surface area contributed by atoms with Crippen LogP contribution in [0.15, 0.2) is 58.6 Å². The number of nitrogens with zero attached hydrogens (tertiary/aromatic N) is 1. The zero-order valence-electron chi connectivity index (χ0n) is 10.9. The normalized spacial score (nSPS) is 10.8. The Morgan fingerprint density at radius 1 is 1.24 bits per heavy atom. The third-order valence-electron chi connectivity index (χ3n) is 2.65. The minimum atomic E-state index is -0.483. The topological polar surface area (TPSA) is 73.1 Å². The van der Waals surface area contributed by atoms with Gasteiger partial charge in [-0.15, -0.1) is 0 Å². The summed E-state index contributed by atoms with van der Waals surface area (Å²) in [5.41, 5.74) is 1.25. The summed E-state index contributed by atoms with van der Waals surface area (Å²) >= 11 is 3.31. The van der Waals surface area contributed by atoms with Crippen molar-refractivity contribution in [2.24, 2.45) is 0 Å². The van der Waals surface area contributed by atoms with Gasteiger partial charge in [-0.05, 0) is 42.0 Å². The van der Waals surface area contributed by atoms with Crippen molar-refractivity contribution >= 4 is 33.6 Å². The zero-order chi connectivity index (χ0) is 15.2. The number of phenolic OH excluding ortho intramolecular Hbond substituents is 1. The second kappa shape index (κ2) is 6.73. The van der Waals surface area contributed by atoms with E-state index >= 15 is 0 Å². The molecule has 0 saturated heterocycles. The summed E-state index contributed by atoms with van der Waals surface area (Å²) in [7, 11) is 0. The van der Waals surface area contributed by atoms with E-state index in [0.717, 1.165) is 4.47 Å². The van der Waals surface area contributed by atoms with Crippen molar-refractivity contribution in [3.05, 3.63) is 64.1 Å². The van der Waals surface area contributed by atoms with E-state index in [1.807, 2.05) is 12.1 Å². The lowest BCUT2D eigenvalue weighted by molar-refractivity contribution is -0.112. The van der Waals surface area contributed by atoms with Crippen LogP contribution in [0.25, 0.3) is 6.08 Å². The molecule has 0 spiro atoms. The summed E-state index contributed by atoms with van der Waals surface area (Å²) < 4.78 is 0.835. The number of hydrogen-bond acceptors (Lipinski definition) is 3. The van der Waals surface area contributed by atoms with Gasteiger partial charge in [0.25, 0.3) is 5.91 Å². The van der Waals surface area contributed by atoms with Crippen LogP contribution in [-0.2, 0) is 4.79 Å². The SMILES string of the molecule is N#C/C(=C/c1ccc(O)cc1)C(=O)Nc1cccc(Br)c1. The van der Waals surface area contributed by atoms with Crippen LogP contribution in [0.2, 0.25) is 0 Å². The van der Waals surface area contributed by atoms with E-state index in [4.69, 9.17) is 5.26 Å². The number of nitrogens with one attached hydrogen (secondary N) is 1.